The van der Waals surface area contributed by atoms with E-state index in [-0.39, 0.29) is 0 Å². The minimum atomic E-state index is -0.447. The first-order chi connectivity index (χ1) is 9.66. The quantitative estimate of drug-likeness (QED) is 0.840. The predicted octanol–water partition coefficient (Wildman–Crippen LogP) is 2.97. The molecule has 0 heterocycles. The fourth-order valence-electron chi connectivity index (χ4n) is 2.73. The van der Waals surface area contributed by atoms with E-state index in [1.165, 1.54) is 37.7 Å². The number of aliphatic hydroxyl groups is 1. The average Bonchev–Trinajstić information content (AvgIpc) is 2.48. The van der Waals surface area contributed by atoms with Gasteiger partial charge >= 0.3 is 0 Å². The van der Waals surface area contributed by atoms with Gasteiger partial charge in [-0.1, -0.05) is 31.4 Å². The Kier molecular flexibility index (Phi) is 5.86. The largest absolute Gasteiger partial charge is 0.491 e. The van der Waals surface area contributed by atoms with Gasteiger partial charge in [-0.15, -0.1) is 0 Å². The summed E-state index contributed by atoms with van der Waals surface area (Å²) in [6.07, 6.45) is 6.02. The molecule has 1 aliphatic rings. The second-order valence-electron chi connectivity index (χ2n) is 5.91. The van der Waals surface area contributed by atoms with Gasteiger partial charge in [0.15, 0.2) is 0 Å². The van der Waals surface area contributed by atoms with E-state index in [0.29, 0.717) is 19.2 Å². The van der Waals surface area contributed by atoms with Crippen LogP contribution in [0.5, 0.6) is 5.75 Å². The Hall–Kier alpha value is -1.06. The van der Waals surface area contributed by atoms with Crippen molar-refractivity contribution in [1.29, 1.82) is 0 Å². The first kappa shape index (κ1) is 15.3. The van der Waals surface area contributed by atoms with Crippen LogP contribution in [0.1, 0.15) is 43.2 Å². The molecular formula is C17H27NO2. The number of benzene rings is 1. The van der Waals surface area contributed by atoms with Gasteiger partial charge in [-0.25, -0.2) is 0 Å². The van der Waals surface area contributed by atoms with Crippen LogP contribution in [0.25, 0.3) is 0 Å². The first-order valence-electron chi connectivity index (χ1n) is 7.77. The number of aryl methyl sites for hydroxylation is 1. The highest BCUT2D eigenvalue weighted by Crippen LogP contribution is 2.20. The van der Waals surface area contributed by atoms with E-state index in [2.05, 4.69) is 25.2 Å². The molecule has 2 N–H and O–H groups in total. The van der Waals surface area contributed by atoms with E-state index in [0.717, 1.165) is 11.3 Å². The molecular weight excluding hydrogens is 250 g/mol. The highest BCUT2D eigenvalue weighted by Gasteiger charge is 2.14. The lowest BCUT2D eigenvalue weighted by Crippen LogP contribution is -2.39. The summed E-state index contributed by atoms with van der Waals surface area (Å²) in [5, 5.41) is 13.5. The molecule has 0 amide bonds. The van der Waals surface area contributed by atoms with Crippen LogP contribution in [-0.4, -0.2) is 30.4 Å². The molecule has 1 aromatic rings. The van der Waals surface area contributed by atoms with Crippen LogP contribution in [0.4, 0.5) is 0 Å². The number of rotatable bonds is 6. The summed E-state index contributed by atoms with van der Waals surface area (Å²) in [5.74, 6) is 0.877. The number of ether oxygens (including phenoxy) is 1. The zero-order valence-electron chi connectivity index (χ0n) is 12.7. The molecule has 1 fully saturated rings. The first-order valence-corrected chi connectivity index (χ1v) is 7.77. The molecule has 1 saturated carbocycles. The third-order valence-electron chi connectivity index (χ3n) is 4.23. The fraction of sp³-hybridized carbons (Fsp3) is 0.647. The van der Waals surface area contributed by atoms with Gasteiger partial charge in [0, 0.05) is 12.6 Å². The molecule has 1 aromatic carbocycles. The van der Waals surface area contributed by atoms with Gasteiger partial charge < -0.3 is 15.2 Å². The lowest BCUT2D eigenvalue weighted by atomic mass is 9.95. The van der Waals surface area contributed by atoms with Gasteiger partial charge in [0.25, 0.3) is 0 Å². The zero-order valence-corrected chi connectivity index (χ0v) is 12.7. The summed E-state index contributed by atoms with van der Waals surface area (Å²) in [5.41, 5.74) is 2.37. The Labute approximate surface area is 122 Å². The van der Waals surface area contributed by atoms with Crippen LogP contribution in [-0.2, 0) is 0 Å². The van der Waals surface area contributed by atoms with Crippen LogP contribution >= 0.6 is 0 Å². The van der Waals surface area contributed by atoms with Gasteiger partial charge in [0.1, 0.15) is 18.5 Å². The minimum absolute atomic E-state index is 0.351. The van der Waals surface area contributed by atoms with Gasteiger partial charge in [-0.3, -0.25) is 0 Å². The Bertz CT molecular complexity index is 413. The molecule has 1 atom stereocenters. The minimum Gasteiger partial charge on any atom is -0.491 e. The summed E-state index contributed by atoms with van der Waals surface area (Å²) in [6, 6.07) is 6.61. The third-order valence-corrected chi connectivity index (χ3v) is 4.23. The average molecular weight is 277 g/mol. The summed E-state index contributed by atoms with van der Waals surface area (Å²) in [6.45, 7) is 5.10. The van der Waals surface area contributed by atoms with E-state index >= 15 is 0 Å². The summed E-state index contributed by atoms with van der Waals surface area (Å²) >= 11 is 0. The Morgan fingerprint density at radius 2 is 2.00 bits per heavy atom. The van der Waals surface area contributed by atoms with Gasteiger partial charge in [-0.05, 0) is 43.9 Å². The van der Waals surface area contributed by atoms with Crippen LogP contribution in [0, 0.1) is 13.8 Å². The van der Waals surface area contributed by atoms with Crippen molar-refractivity contribution in [3.8, 4) is 5.75 Å². The molecule has 0 saturated heterocycles. The summed E-state index contributed by atoms with van der Waals surface area (Å²) < 4.78 is 5.73. The molecule has 2 rings (SSSR count). The lowest BCUT2D eigenvalue weighted by Gasteiger charge is -2.24. The topological polar surface area (TPSA) is 41.5 Å². The molecule has 1 unspecified atom stereocenters. The van der Waals surface area contributed by atoms with Gasteiger partial charge in [0.05, 0.1) is 0 Å². The third kappa shape index (κ3) is 4.50. The Morgan fingerprint density at radius 3 is 2.75 bits per heavy atom. The summed E-state index contributed by atoms with van der Waals surface area (Å²) in [4.78, 5) is 0. The maximum atomic E-state index is 10.0. The lowest BCUT2D eigenvalue weighted by molar-refractivity contribution is 0.101. The van der Waals surface area contributed by atoms with E-state index in [9.17, 15) is 5.11 Å². The Balaban J connectivity index is 1.71. The normalized spacial score (nSPS) is 17.9. The smallest absolute Gasteiger partial charge is 0.122 e. The molecule has 3 heteroatoms. The fourth-order valence-corrected chi connectivity index (χ4v) is 2.73. The molecule has 0 radical (unpaired) electrons. The second-order valence-corrected chi connectivity index (χ2v) is 5.91. The molecule has 0 spiro atoms. The van der Waals surface area contributed by atoms with Crippen molar-refractivity contribution in [2.45, 2.75) is 58.1 Å². The van der Waals surface area contributed by atoms with Crippen molar-refractivity contribution in [2.24, 2.45) is 0 Å². The standard InChI is InChI=1S/C17H27NO2/c1-13-7-6-10-17(14(13)2)20-12-16(19)11-18-15-8-4-3-5-9-15/h6-7,10,15-16,18-19H,3-5,8-9,11-12H2,1-2H3. The van der Waals surface area contributed by atoms with E-state index < -0.39 is 6.10 Å². The second kappa shape index (κ2) is 7.65. The number of nitrogens with one attached hydrogen (secondary N) is 1. The van der Waals surface area contributed by atoms with Gasteiger partial charge in [-0.2, -0.15) is 0 Å². The van der Waals surface area contributed by atoms with Crippen molar-refractivity contribution in [3.63, 3.8) is 0 Å². The van der Waals surface area contributed by atoms with Crippen molar-refractivity contribution in [2.75, 3.05) is 13.2 Å². The van der Waals surface area contributed by atoms with E-state index in [1.54, 1.807) is 0 Å². The monoisotopic (exact) mass is 277 g/mol. The van der Waals surface area contributed by atoms with Crippen LogP contribution < -0.4 is 10.1 Å². The van der Waals surface area contributed by atoms with Crippen molar-refractivity contribution in [1.82, 2.24) is 5.32 Å². The number of aliphatic hydroxyl groups excluding tert-OH is 1. The molecule has 1 aliphatic carbocycles. The maximum Gasteiger partial charge on any atom is 0.122 e. The number of hydrogen-bond donors (Lipinski definition) is 2. The van der Waals surface area contributed by atoms with E-state index in [1.807, 2.05) is 12.1 Å². The number of hydrogen-bond acceptors (Lipinski definition) is 3. The molecule has 3 nitrogen and oxygen atoms in total. The van der Waals surface area contributed by atoms with Crippen LogP contribution in [0.15, 0.2) is 18.2 Å². The zero-order chi connectivity index (χ0) is 14.4. The maximum absolute atomic E-state index is 10.0. The molecule has 0 aliphatic heterocycles. The predicted molar refractivity (Wildman–Crippen MR) is 82.3 cm³/mol. The molecule has 0 bridgehead atoms. The van der Waals surface area contributed by atoms with Crippen molar-refractivity contribution in [3.05, 3.63) is 29.3 Å². The van der Waals surface area contributed by atoms with Gasteiger partial charge in [0.2, 0.25) is 0 Å². The SMILES string of the molecule is Cc1cccc(OCC(O)CNC2CCCCC2)c1C. The van der Waals surface area contributed by atoms with Crippen LogP contribution in [0.2, 0.25) is 0 Å². The summed E-state index contributed by atoms with van der Waals surface area (Å²) in [7, 11) is 0. The van der Waals surface area contributed by atoms with Crippen molar-refractivity contribution >= 4 is 0 Å². The molecule has 112 valence electrons. The van der Waals surface area contributed by atoms with E-state index in [4.69, 9.17) is 4.74 Å². The highest BCUT2D eigenvalue weighted by atomic mass is 16.5. The van der Waals surface area contributed by atoms with Crippen LogP contribution in [0.3, 0.4) is 0 Å². The Morgan fingerprint density at radius 1 is 1.25 bits per heavy atom. The molecule has 0 aromatic heterocycles. The highest BCUT2D eigenvalue weighted by molar-refractivity contribution is 5.38. The molecule has 20 heavy (non-hydrogen) atoms. The van der Waals surface area contributed by atoms with Crippen molar-refractivity contribution < 1.29 is 9.84 Å².